The first-order chi connectivity index (χ1) is 19.2. The van der Waals surface area contributed by atoms with Crippen LogP contribution in [0.3, 0.4) is 0 Å². The van der Waals surface area contributed by atoms with E-state index in [-0.39, 0.29) is 11.6 Å². The Labute approximate surface area is 244 Å². The van der Waals surface area contributed by atoms with Crippen LogP contribution in [-0.2, 0) is 5.54 Å². The molecule has 0 aliphatic carbocycles. The zero-order chi connectivity index (χ0) is 29.9. The van der Waals surface area contributed by atoms with Crippen molar-refractivity contribution in [2.75, 3.05) is 6.54 Å². The largest absolute Gasteiger partial charge is 0.358 e. The fourth-order valence-corrected chi connectivity index (χ4v) is 5.30. The molecule has 2 N–H and O–H groups in total. The number of hydrogen-bond donors (Lipinski definition) is 1. The summed E-state index contributed by atoms with van der Waals surface area (Å²) in [5, 5.41) is 0. The number of nitrogens with two attached hydrogens (primary N) is 1. The highest BCUT2D eigenvalue weighted by molar-refractivity contribution is 5.77. The van der Waals surface area contributed by atoms with Crippen LogP contribution in [0.4, 0.5) is 0 Å². The second-order valence-electron chi connectivity index (χ2n) is 10.2. The normalized spacial score (nSPS) is 13.8. The topological polar surface area (TPSA) is 29.3 Å². The summed E-state index contributed by atoms with van der Waals surface area (Å²) in [6.07, 6.45) is 8.79. The minimum atomic E-state index is -0.280. The Balaban J connectivity index is 0.00000134. The molecule has 4 rings (SSSR count). The number of aryl methyl sites for hydroxylation is 2. The fraction of sp³-hybridized carbons (Fsp3) is 0.316. The summed E-state index contributed by atoms with van der Waals surface area (Å²) in [5.74, 6) is 0. The van der Waals surface area contributed by atoms with Gasteiger partial charge in [0.2, 0.25) is 0 Å². The third kappa shape index (κ3) is 7.31. The average Bonchev–Trinajstić information content (AvgIpc) is 2.99. The van der Waals surface area contributed by atoms with E-state index in [4.69, 9.17) is 5.73 Å². The number of benzene rings is 3. The first-order valence-corrected chi connectivity index (χ1v) is 14.7. The third-order valence-electron chi connectivity index (χ3n) is 7.39. The van der Waals surface area contributed by atoms with Crippen LogP contribution in [0.1, 0.15) is 87.9 Å². The molecule has 1 heterocycles. The van der Waals surface area contributed by atoms with Crippen molar-refractivity contribution in [1.82, 2.24) is 4.90 Å². The lowest BCUT2D eigenvalue weighted by Crippen LogP contribution is -2.42. The van der Waals surface area contributed by atoms with Crippen molar-refractivity contribution in [3.8, 4) is 0 Å². The molecule has 0 bridgehead atoms. The maximum atomic E-state index is 6.87. The zero-order valence-electron chi connectivity index (χ0n) is 26.3. The summed E-state index contributed by atoms with van der Waals surface area (Å²) < 4.78 is 0. The van der Waals surface area contributed by atoms with E-state index in [0.29, 0.717) is 0 Å². The maximum absolute atomic E-state index is 6.87. The highest BCUT2D eigenvalue weighted by Crippen LogP contribution is 2.40. The molecule has 3 aromatic rings. The molecule has 2 heteroatoms. The Hall–Kier alpha value is -3.62. The minimum Gasteiger partial charge on any atom is -0.358 e. The van der Waals surface area contributed by atoms with Crippen molar-refractivity contribution in [3.05, 3.63) is 143 Å². The van der Waals surface area contributed by atoms with Crippen LogP contribution >= 0.6 is 0 Å². The lowest BCUT2D eigenvalue weighted by molar-refractivity contribution is 0.217. The van der Waals surface area contributed by atoms with Gasteiger partial charge in [0.1, 0.15) is 0 Å². The zero-order valence-corrected chi connectivity index (χ0v) is 26.3. The highest BCUT2D eigenvalue weighted by atomic mass is 15.2. The van der Waals surface area contributed by atoms with Gasteiger partial charge in [-0.1, -0.05) is 125 Å². The van der Waals surface area contributed by atoms with Crippen molar-refractivity contribution in [1.29, 1.82) is 0 Å². The standard InChI is InChI=1S/C34H38N2.2C2H6/c1-24-15-14-16-25(2)33(24)32-21-12-13-22-36(32)34(5,6)30-20-11-10-19-29(30)31(35)23-26(3)27(4)28-17-8-7-9-18-28;2*1-2/h7-21,23,31H,4,22,35H2,1-3,5-6H3;2*1-2H3/b26-23-;;. The maximum Gasteiger partial charge on any atom is 0.0604 e. The van der Waals surface area contributed by atoms with Crippen molar-refractivity contribution in [2.45, 2.75) is 73.9 Å². The predicted molar refractivity (Wildman–Crippen MR) is 178 cm³/mol. The Kier molecular flexibility index (Phi) is 12.4. The molecule has 3 aromatic carbocycles. The molecule has 1 unspecified atom stereocenters. The fourth-order valence-electron chi connectivity index (χ4n) is 5.30. The lowest BCUT2D eigenvalue weighted by Gasteiger charge is -2.44. The van der Waals surface area contributed by atoms with Gasteiger partial charge in [-0.3, -0.25) is 0 Å². The van der Waals surface area contributed by atoms with Crippen molar-refractivity contribution >= 4 is 11.3 Å². The van der Waals surface area contributed by atoms with Gasteiger partial charge in [0.25, 0.3) is 0 Å². The summed E-state index contributed by atoms with van der Waals surface area (Å²) in [7, 11) is 0. The number of rotatable bonds is 7. The first kappa shape index (κ1) is 32.6. The summed E-state index contributed by atoms with van der Waals surface area (Å²) in [6, 6.07) is 25.2. The quantitative estimate of drug-likeness (QED) is 0.306. The molecule has 0 saturated carbocycles. The molecule has 1 aliphatic rings. The van der Waals surface area contributed by atoms with Gasteiger partial charge in [0.05, 0.1) is 5.54 Å². The molecule has 0 aromatic heterocycles. The molecule has 2 nitrogen and oxygen atoms in total. The van der Waals surface area contributed by atoms with Gasteiger partial charge in [0, 0.05) is 23.8 Å². The van der Waals surface area contributed by atoms with E-state index < -0.39 is 0 Å². The van der Waals surface area contributed by atoms with E-state index in [2.05, 4.69) is 125 Å². The van der Waals surface area contributed by atoms with Crippen molar-refractivity contribution in [3.63, 3.8) is 0 Å². The summed E-state index contributed by atoms with van der Waals surface area (Å²) in [5.41, 5.74) is 17.3. The monoisotopic (exact) mass is 534 g/mol. The van der Waals surface area contributed by atoms with Crippen molar-refractivity contribution in [2.24, 2.45) is 5.73 Å². The van der Waals surface area contributed by atoms with Gasteiger partial charge in [-0.15, -0.1) is 0 Å². The van der Waals surface area contributed by atoms with Gasteiger partial charge in [-0.25, -0.2) is 0 Å². The van der Waals surface area contributed by atoms with Crippen LogP contribution < -0.4 is 5.73 Å². The molecule has 1 atom stereocenters. The second-order valence-corrected chi connectivity index (χ2v) is 10.2. The molecular formula is C38H50N2. The van der Waals surface area contributed by atoms with E-state index >= 15 is 0 Å². The molecule has 0 radical (unpaired) electrons. The average molecular weight is 535 g/mol. The Morgan fingerprint density at radius 3 is 2.08 bits per heavy atom. The molecule has 0 spiro atoms. The molecule has 40 heavy (non-hydrogen) atoms. The SMILES string of the molecule is C=C(/C(C)=C\C(N)c1ccccc1C(C)(C)N1CC=CC=C1c1c(C)cccc1C)c1ccccc1.CC.CC. The highest BCUT2D eigenvalue weighted by Gasteiger charge is 2.34. The van der Waals surface area contributed by atoms with Crippen LogP contribution in [0.5, 0.6) is 0 Å². The Morgan fingerprint density at radius 2 is 1.45 bits per heavy atom. The van der Waals surface area contributed by atoms with E-state index in [9.17, 15) is 0 Å². The molecular weight excluding hydrogens is 484 g/mol. The van der Waals surface area contributed by atoms with Gasteiger partial charge < -0.3 is 10.6 Å². The molecule has 212 valence electrons. The first-order valence-electron chi connectivity index (χ1n) is 14.7. The Bertz CT molecular complexity index is 1320. The predicted octanol–water partition coefficient (Wildman–Crippen LogP) is 10.2. The van der Waals surface area contributed by atoms with E-state index in [0.717, 1.165) is 28.8 Å². The van der Waals surface area contributed by atoms with E-state index in [1.54, 1.807) is 0 Å². The van der Waals surface area contributed by atoms with Crippen LogP contribution in [0.2, 0.25) is 0 Å². The third-order valence-corrected chi connectivity index (χ3v) is 7.39. The van der Waals surface area contributed by atoms with Crippen LogP contribution in [0.25, 0.3) is 11.3 Å². The van der Waals surface area contributed by atoms with Gasteiger partial charge in [0.15, 0.2) is 0 Å². The number of nitrogens with zero attached hydrogens (tertiary/aromatic N) is 1. The number of hydrogen-bond acceptors (Lipinski definition) is 2. The summed E-state index contributed by atoms with van der Waals surface area (Å²) in [4.78, 5) is 2.51. The van der Waals surface area contributed by atoms with Crippen LogP contribution in [-0.4, -0.2) is 11.4 Å². The molecule has 1 aliphatic heterocycles. The molecule has 0 saturated heterocycles. The smallest absolute Gasteiger partial charge is 0.0604 e. The van der Waals surface area contributed by atoms with Gasteiger partial charge in [-0.05, 0) is 79.7 Å². The summed E-state index contributed by atoms with van der Waals surface area (Å²) in [6.45, 7) is 24.3. The van der Waals surface area contributed by atoms with E-state index in [1.807, 2.05) is 45.9 Å². The number of allylic oxidation sites excluding steroid dienone is 4. The second kappa shape index (κ2) is 15.2. The van der Waals surface area contributed by atoms with Crippen molar-refractivity contribution < 1.29 is 0 Å². The Morgan fingerprint density at radius 1 is 0.875 bits per heavy atom. The van der Waals surface area contributed by atoms with Crippen LogP contribution in [0, 0.1) is 13.8 Å². The molecule has 0 amide bonds. The molecule has 0 fully saturated rings. The van der Waals surface area contributed by atoms with E-state index in [1.165, 1.54) is 28.0 Å². The minimum absolute atomic E-state index is 0.242. The van der Waals surface area contributed by atoms with Gasteiger partial charge >= 0.3 is 0 Å². The van der Waals surface area contributed by atoms with Gasteiger partial charge in [-0.2, -0.15) is 0 Å². The summed E-state index contributed by atoms with van der Waals surface area (Å²) >= 11 is 0. The lowest BCUT2D eigenvalue weighted by atomic mass is 9.83. The van der Waals surface area contributed by atoms with Crippen LogP contribution in [0.15, 0.2) is 109 Å².